The lowest BCUT2D eigenvalue weighted by atomic mass is 9.74. The molecule has 1 saturated carbocycles. The van der Waals surface area contributed by atoms with E-state index in [9.17, 15) is 0 Å². The summed E-state index contributed by atoms with van der Waals surface area (Å²) in [5.74, 6) is 0. The molecular weight excluding hydrogens is 174 g/mol. The van der Waals surface area contributed by atoms with E-state index < -0.39 is 0 Å². The molecule has 1 aliphatic carbocycles. The van der Waals surface area contributed by atoms with E-state index in [1.807, 2.05) is 0 Å². The van der Waals surface area contributed by atoms with Gasteiger partial charge in [0, 0.05) is 12.5 Å². The molecule has 0 radical (unpaired) electrons. The molecule has 2 atom stereocenters. The minimum Gasteiger partial charge on any atom is -0.373 e. The van der Waals surface area contributed by atoms with Gasteiger partial charge in [0.05, 0.1) is 12.2 Å². The van der Waals surface area contributed by atoms with Crippen LogP contribution in [0.15, 0.2) is 0 Å². The van der Waals surface area contributed by atoms with Crippen LogP contribution in [0.3, 0.4) is 0 Å². The number of likely N-dealkylation sites (N-methyl/N-ethyl adjacent to an activating group) is 1. The van der Waals surface area contributed by atoms with E-state index in [-0.39, 0.29) is 5.60 Å². The molecule has 2 heteroatoms. The maximum Gasteiger partial charge on any atom is 0.0858 e. The van der Waals surface area contributed by atoms with Crippen LogP contribution in [-0.2, 0) is 4.74 Å². The highest BCUT2D eigenvalue weighted by molar-refractivity contribution is 5.01. The Labute approximate surface area is 87.6 Å². The maximum atomic E-state index is 5.91. The molecule has 0 bridgehead atoms. The summed E-state index contributed by atoms with van der Waals surface area (Å²) in [7, 11) is 0. The summed E-state index contributed by atoms with van der Waals surface area (Å²) >= 11 is 0. The van der Waals surface area contributed by atoms with Crippen molar-refractivity contribution in [3.8, 4) is 0 Å². The van der Waals surface area contributed by atoms with Gasteiger partial charge >= 0.3 is 0 Å². The molecule has 1 spiro atoms. The van der Waals surface area contributed by atoms with E-state index in [0.29, 0.717) is 6.04 Å². The average Bonchev–Trinajstić information content (AvgIpc) is 2.18. The van der Waals surface area contributed by atoms with E-state index in [1.54, 1.807) is 0 Å². The van der Waals surface area contributed by atoms with Crippen LogP contribution < -0.4 is 0 Å². The molecule has 0 amide bonds. The first-order valence-corrected chi connectivity index (χ1v) is 6.20. The molecule has 0 N–H and O–H groups in total. The molecule has 2 rings (SSSR count). The quantitative estimate of drug-likeness (QED) is 0.689. The molecule has 1 saturated heterocycles. The second-order valence-corrected chi connectivity index (χ2v) is 4.65. The van der Waals surface area contributed by atoms with Crippen molar-refractivity contribution in [2.24, 2.45) is 0 Å². The summed E-state index contributed by atoms with van der Waals surface area (Å²) in [6.07, 6.45) is 6.72. The van der Waals surface area contributed by atoms with Gasteiger partial charge in [-0.05, 0) is 25.9 Å². The first-order chi connectivity index (χ1) is 6.82. The fourth-order valence-electron chi connectivity index (χ4n) is 3.20. The Bertz CT molecular complexity index is 185. The number of nitrogens with zero attached hydrogens (tertiary/aromatic N) is 1. The zero-order valence-electron chi connectivity index (χ0n) is 9.59. The van der Waals surface area contributed by atoms with Gasteiger partial charge in [-0.15, -0.1) is 0 Å². The molecule has 0 aromatic heterocycles. The highest BCUT2D eigenvalue weighted by Gasteiger charge is 2.48. The van der Waals surface area contributed by atoms with Crippen LogP contribution in [0.1, 0.15) is 46.0 Å². The van der Waals surface area contributed by atoms with E-state index in [4.69, 9.17) is 4.74 Å². The third-order valence-electron chi connectivity index (χ3n) is 4.10. The molecule has 2 nitrogen and oxygen atoms in total. The van der Waals surface area contributed by atoms with Gasteiger partial charge in [-0.2, -0.15) is 0 Å². The standard InChI is InChI=1S/C12H23NO/c1-3-13(4-2)11-7-5-6-8-12(11)9-10-14-12/h11H,3-10H2,1-2H3. The van der Waals surface area contributed by atoms with Crippen LogP contribution in [0.5, 0.6) is 0 Å². The summed E-state index contributed by atoms with van der Waals surface area (Å²) in [5.41, 5.74) is 0.268. The van der Waals surface area contributed by atoms with Crippen LogP contribution in [-0.4, -0.2) is 36.2 Å². The Morgan fingerprint density at radius 1 is 1.21 bits per heavy atom. The lowest BCUT2D eigenvalue weighted by Gasteiger charge is -2.53. The lowest BCUT2D eigenvalue weighted by molar-refractivity contribution is -0.202. The van der Waals surface area contributed by atoms with Crippen molar-refractivity contribution in [2.75, 3.05) is 19.7 Å². The fraction of sp³-hybridized carbons (Fsp3) is 1.00. The van der Waals surface area contributed by atoms with Crippen molar-refractivity contribution < 1.29 is 4.74 Å². The van der Waals surface area contributed by atoms with Gasteiger partial charge in [-0.3, -0.25) is 4.90 Å². The zero-order chi connectivity index (χ0) is 10.0. The van der Waals surface area contributed by atoms with Crippen LogP contribution in [0, 0.1) is 0 Å². The van der Waals surface area contributed by atoms with Crippen LogP contribution in [0.25, 0.3) is 0 Å². The molecule has 2 unspecified atom stereocenters. The number of hydrogen-bond donors (Lipinski definition) is 0. The van der Waals surface area contributed by atoms with E-state index in [0.717, 1.165) is 6.61 Å². The fourth-order valence-corrected chi connectivity index (χ4v) is 3.20. The number of hydrogen-bond acceptors (Lipinski definition) is 2. The van der Waals surface area contributed by atoms with Crippen molar-refractivity contribution in [3.63, 3.8) is 0 Å². The Hall–Kier alpha value is -0.0800. The smallest absolute Gasteiger partial charge is 0.0858 e. The summed E-state index contributed by atoms with van der Waals surface area (Å²) in [5, 5.41) is 0. The summed E-state index contributed by atoms with van der Waals surface area (Å²) in [6.45, 7) is 7.88. The molecule has 1 aliphatic heterocycles. The van der Waals surface area contributed by atoms with Gasteiger partial charge in [-0.25, -0.2) is 0 Å². The Morgan fingerprint density at radius 2 is 1.93 bits per heavy atom. The van der Waals surface area contributed by atoms with Gasteiger partial charge in [0.2, 0.25) is 0 Å². The summed E-state index contributed by atoms with van der Waals surface area (Å²) < 4.78 is 5.91. The second kappa shape index (κ2) is 4.19. The van der Waals surface area contributed by atoms with Crippen molar-refractivity contribution in [1.29, 1.82) is 0 Å². The predicted octanol–water partition coefficient (Wildman–Crippen LogP) is 2.43. The van der Waals surface area contributed by atoms with E-state index >= 15 is 0 Å². The molecule has 2 fully saturated rings. The number of rotatable bonds is 3. The molecule has 2 aliphatic rings. The topological polar surface area (TPSA) is 12.5 Å². The molecular formula is C12H23NO. The van der Waals surface area contributed by atoms with E-state index in [2.05, 4.69) is 18.7 Å². The monoisotopic (exact) mass is 197 g/mol. The third kappa shape index (κ3) is 1.59. The second-order valence-electron chi connectivity index (χ2n) is 4.65. The number of ether oxygens (including phenoxy) is 1. The molecule has 82 valence electrons. The normalized spacial score (nSPS) is 37.5. The van der Waals surface area contributed by atoms with Gasteiger partial charge in [0.15, 0.2) is 0 Å². The zero-order valence-corrected chi connectivity index (χ0v) is 9.59. The lowest BCUT2D eigenvalue weighted by Crippen LogP contribution is -2.61. The van der Waals surface area contributed by atoms with Gasteiger partial charge < -0.3 is 4.74 Å². The average molecular weight is 197 g/mol. The molecule has 0 aromatic rings. The van der Waals surface area contributed by atoms with Crippen LogP contribution >= 0.6 is 0 Å². The van der Waals surface area contributed by atoms with Gasteiger partial charge in [0.1, 0.15) is 0 Å². The van der Waals surface area contributed by atoms with Crippen LogP contribution in [0.2, 0.25) is 0 Å². The van der Waals surface area contributed by atoms with Crippen LogP contribution in [0.4, 0.5) is 0 Å². The largest absolute Gasteiger partial charge is 0.373 e. The summed E-state index contributed by atoms with van der Waals surface area (Å²) in [4.78, 5) is 2.60. The van der Waals surface area contributed by atoms with Crippen molar-refractivity contribution in [2.45, 2.75) is 57.6 Å². The van der Waals surface area contributed by atoms with Gasteiger partial charge in [0.25, 0.3) is 0 Å². The summed E-state index contributed by atoms with van der Waals surface area (Å²) in [6, 6.07) is 0.708. The highest BCUT2D eigenvalue weighted by Crippen LogP contribution is 2.42. The highest BCUT2D eigenvalue weighted by atomic mass is 16.5. The Kier molecular flexibility index (Phi) is 3.13. The minimum absolute atomic E-state index is 0.268. The van der Waals surface area contributed by atoms with Crippen molar-refractivity contribution >= 4 is 0 Å². The van der Waals surface area contributed by atoms with E-state index in [1.165, 1.54) is 45.2 Å². The molecule has 1 heterocycles. The Balaban J connectivity index is 2.05. The molecule has 14 heavy (non-hydrogen) atoms. The SMILES string of the molecule is CCN(CC)C1CCCCC12CCO2. The minimum atomic E-state index is 0.268. The maximum absolute atomic E-state index is 5.91. The molecule has 0 aromatic carbocycles. The Morgan fingerprint density at radius 3 is 2.43 bits per heavy atom. The first-order valence-electron chi connectivity index (χ1n) is 6.20. The third-order valence-corrected chi connectivity index (χ3v) is 4.10. The van der Waals surface area contributed by atoms with Gasteiger partial charge in [-0.1, -0.05) is 26.7 Å². The van der Waals surface area contributed by atoms with Crippen molar-refractivity contribution in [1.82, 2.24) is 4.90 Å². The first kappa shape index (κ1) is 10.4. The van der Waals surface area contributed by atoms with Crippen molar-refractivity contribution in [3.05, 3.63) is 0 Å². The predicted molar refractivity (Wildman–Crippen MR) is 58.5 cm³/mol.